The normalized spacial score (nSPS) is 20.4. The molecule has 1 aromatic heterocycles. The van der Waals surface area contributed by atoms with Gasteiger partial charge >= 0.3 is 0 Å². The van der Waals surface area contributed by atoms with Crippen molar-refractivity contribution in [3.8, 4) is 11.3 Å². The van der Waals surface area contributed by atoms with Gasteiger partial charge in [0, 0.05) is 23.6 Å². The van der Waals surface area contributed by atoms with Gasteiger partial charge in [-0.15, -0.1) is 0 Å². The zero-order chi connectivity index (χ0) is 19.4. The zero-order valence-corrected chi connectivity index (χ0v) is 16.2. The van der Waals surface area contributed by atoms with Gasteiger partial charge in [0.25, 0.3) is 0 Å². The Balaban J connectivity index is 1.64. The van der Waals surface area contributed by atoms with E-state index in [2.05, 4.69) is 15.8 Å². The van der Waals surface area contributed by atoms with Crippen molar-refractivity contribution >= 4 is 5.91 Å². The van der Waals surface area contributed by atoms with Gasteiger partial charge < -0.3 is 15.2 Å². The standard InChI is InChI=1S/C21H28FN3O2/c1-21(2,3)24-20(26)11-15-8-9-23-13-16(15)10-18-12-19(27-25-18)14-4-6-17(22)7-5-14/h4-7,12,15-16,23H,8-11,13H2,1-3H3,(H,24,26). The van der Waals surface area contributed by atoms with Crippen LogP contribution >= 0.6 is 0 Å². The summed E-state index contributed by atoms with van der Waals surface area (Å²) in [5, 5.41) is 10.7. The summed E-state index contributed by atoms with van der Waals surface area (Å²) in [4.78, 5) is 12.3. The van der Waals surface area contributed by atoms with Crippen LogP contribution < -0.4 is 10.6 Å². The third kappa shape index (κ3) is 5.63. The zero-order valence-electron chi connectivity index (χ0n) is 16.2. The van der Waals surface area contributed by atoms with E-state index in [0.29, 0.717) is 24.0 Å². The van der Waals surface area contributed by atoms with E-state index in [1.807, 2.05) is 26.8 Å². The Bertz CT molecular complexity index is 764. The average molecular weight is 373 g/mol. The van der Waals surface area contributed by atoms with E-state index in [9.17, 15) is 9.18 Å². The lowest BCUT2D eigenvalue weighted by Gasteiger charge is -2.32. The van der Waals surface area contributed by atoms with Gasteiger partial charge in [0.1, 0.15) is 5.82 Å². The van der Waals surface area contributed by atoms with Gasteiger partial charge in [-0.3, -0.25) is 4.79 Å². The van der Waals surface area contributed by atoms with Crippen molar-refractivity contribution in [3.63, 3.8) is 0 Å². The van der Waals surface area contributed by atoms with Crippen molar-refractivity contribution in [2.75, 3.05) is 13.1 Å². The van der Waals surface area contributed by atoms with Crippen LogP contribution in [-0.4, -0.2) is 29.7 Å². The molecule has 1 aromatic carbocycles. The summed E-state index contributed by atoms with van der Waals surface area (Å²) >= 11 is 0. The number of halogens is 1. The van der Waals surface area contributed by atoms with E-state index in [-0.39, 0.29) is 17.3 Å². The predicted molar refractivity (Wildman–Crippen MR) is 103 cm³/mol. The fourth-order valence-electron chi connectivity index (χ4n) is 3.62. The molecule has 146 valence electrons. The molecule has 0 spiro atoms. The molecule has 1 fully saturated rings. The molecule has 1 aliphatic heterocycles. The van der Waals surface area contributed by atoms with Crippen LogP contribution in [0, 0.1) is 17.7 Å². The largest absolute Gasteiger partial charge is 0.356 e. The van der Waals surface area contributed by atoms with Crippen LogP contribution in [0.3, 0.4) is 0 Å². The Hall–Kier alpha value is -2.21. The number of benzene rings is 1. The fourth-order valence-corrected chi connectivity index (χ4v) is 3.62. The SMILES string of the molecule is CC(C)(C)NC(=O)CC1CCNCC1Cc1cc(-c2ccc(F)cc2)on1. The second-order valence-electron chi connectivity index (χ2n) is 8.41. The minimum atomic E-state index is -0.275. The number of rotatable bonds is 5. The predicted octanol–water partition coefficient (Wildman–Crippen LogP) is 3.55. The highest BCUT2D eigenvalue weighted by Crippen LogP contribution is 2.28. The summed E-state index contributed by atoms with van der Waals surface area (Å²) in [6.45, 7) is 7.79. The number of nitrogens with zero attached hydrogens (tertiary/aromatic N) is 1. The Kier molecular flexibility index (Phi) is 5.95. The summed E-state index contributed by atoms with van der Waals surface area (Å²) in [5.74, 6) is 1.11. The maximum atomic E-state index is 13.1. The van der Waals surface area contributed by atoms with Gasteiger partial charge in [0.2, 0.25) is 5.91 Å². The first-order valence-corrected chi connectivity index (χ1v) is 9.53. The molecule has 2 heterocycles. The molecule has 6 heteroatoms. The van der Waals surface area contributed by atoms with Crippen LogP contribution in [0.15, 0.2) is 34.9 Å². The highest BCUT2D eigenvalue weighted by molar-refractivity contribution is 5.77. The van der Waals surface area contributed by atoms with Crippen LogP contribution in [0.5, 0.6) is 0 Å². The second kappa shape index (κ2) is 8.21. The Morgan fingerprint density at radius 3 is 2.74 bits per heavy atom. The summed E-state index contributed by atoms with van der Waals surface area (Å²) in [6.07, 6.45) is 2.27. The van der Waals surface area contributed by atoms with Crippen LogP contribution in [0.2, 0.25) is 0 Å². The second-order valence-corrected chi connectivity index (χ2v) is 8.41. The van der Waals surface area contributed by atoms with Gasteiger partial charge in [0.15, 0.2) is 5.76 Å². The van der Waals surface area contributed by atoms with Crippen molar-refractivity contribution in [2.24, 2.45) is 11.8 Å². The molecule has 1 saturated heterocycles. The number of hydrogen-bond acceptors (Lipinski definition) is 4. The van der Waals surface area contributed by atoms with Crippen molar-refractivity contribution in [1.82, 2.24) is 15.8 Å². The van der Waals surface area contributed by atoms with Crippen LogP contribution in [0.1, 0.15) is 39.3 Å². The smallest absolute Gasteiger partial charge is 0.220 e. The van der Waals surface area contributed by atoms with E-state index >= 15 is 0 Å². The maximum Gasteiger partial charge on any atom is 0.220 e. The quantitative estimate of drug-likeness (QED) is 0.841. The minimum absolute atomic E-state index is 0.103. The molecule has 27 heavy (non-hydrogen) atoms. The van der Waals surface area contributed by atoms with Gasteiger partial charge in [-0.1, -0.05) is 5.16 Å². The van der Waals surface area contributed by atoms with Gasteiger partial charge in [0.05, 0.1) is 5.69 Å². The molecule has 2 aromatic rings. The molecule has 3 rings (SSSR count). The Labute approximate surface area is 159 Å². The molecule has 0 saturated carbocycles. The molecule has 0 radical (unpaired) electrons. The third-order valence-corrected chi connectivity index (χ3v) is 4.89. The highest BCUT2D eigenvalue weighted by atomic mass is 19.1. The van der Waals surface area contributed by atoms with Crippen molar-refractivity contribution in [1.29, 1.82) is 0 Å². The summed E-state index contributed by atoms with van der Waals surface area (Å²) < 4.78 is 18.5. The number of carbonyl (C=O) groups excluding carboxylic acids is 1. The lowest BCUT2D eigenvalue weighted by Crippen LogP contribution is -2.44. The number of piperidine rings is 1. The fraction of sp³-hybridized carbons (Fsp3) is 0.524. The van der Waals surface area contributed by atoms with Crippen molar-refractivity contribution < 1.29 is 13.7 Å². The Morgan fingerprint density at radius 2 is 2.04 bits per heavy atom. The van der Waals surface area contributed by atoms with Crippen molar-refractivity contribution in [2.45, 2.75) is 45.6 Å². The van der Waals surface area contributed by atoms with Crippen LogP contribution in [-0.2, 0) is 11.2 Å². The first-order chi connectivity index (χ1) is 12.8. The molecular weight excluding hydrogens is 345 g/mol. The topological polar surface area (TPSA) is 67.2 Å². The summed E-state index contributed by atoms with van der Waals surface area (Å²) in [5.41, 5.74) is 1.46. The summed E-state index contributed by atoms with van der Waals surface area (Å²) in [7, 11) is 0. The number of nitrogens with one attached hydrogen (secondary N) is 2. The molecule has 1 aliphatic rings. The molecule has 2 unspecified atom stereocenters. The van der Waals surface area contributed by atoms with E-state index in [4.69, 9.17) is 4.52 Å². The number of hydrogen-bond donors (Lipinski definition) is 2. The number of amides is 1. The molecule has 5 nitrogen and oxygen atoms in total. The average Bonchev–Trinajstić information content (AvgIpc) is 3.04. The molecular formula is C21H28FN3O2. The molecule has 0 bridgehead atoms. The van der Waals surface area contributed by atoms with Gasteiger partial charge in [-0.2, -0.15) is 0 Å². The van der Waals surface area contributed by atoms with Gasteiger partial charge in [-0.25, -0.2) is 4.39 Å². The molecule has 1 amide bonds. The first kappa shape index (κ1) is 19.5. The van der Waals surface area contributed by atoms with Crippen LogP contribution in [0.25, 0.3) is 11.3 Å². The maximum absolute atomic E-state index is 13.1. The lowest BCUT2D eigenvalue weighted by molar-refractivity contribution is -0.124. The van der Waals surface area contributed by atoms with E-state index in [1.54, 1.807) is 12.1 Å². The third-order valence-electron chi connectivity index (χ3n) is 4.89. The Morgan fingerprint density at radius 1 is 1.30 bits per heavy atom. The summed E-state index contributed by atoms with van der Waals surface area (Å²) in [6, 6.07) is 8.09. The molecule has 0 aliphatic carbocycles. The number of carbonyl (C=O) groups is 1. The van der Waals surface area contributed by atoms with Crippen molar-refractivity contribution in [3.05, 3.63) is 41.8 Å². The highest BCUT2D eigenvalue weighted by Gasteiger charge is 2.29. The minimum Gasteiger partial charge on any atom is -0.356 e. The van der Waals surface area contributed by atoms with E-state index < -0.39 is 0 Å². The number of aromatic nitrogens is 1. The molecule has 2 atom stereocenters. The monoisotopic (exact) mass is 373 g/mol. The lowest BCUT2D eigenvalue weighted by atomic mass is 9.81. The van der Waals surface area contributed by atoms with E-state index in [0.717, 1.165) is 37.2 Å². The van der Waals surface area contributed by atoms with E-state index in [1.165, 1.54) is 12.1 Å². The first-order valence-electron chi connectivity index (χ1n) is 9.53. The van der Waals surface area contributed by atoms with Crippen LogP contribution in [0.4, 0.5) is 4.39 Å². The van der Waals surface area contributed by atoms with Gasteiger partial charge in [-0.05, 0) is 82.8 Å². The molecule has 2 N–H and O–H groups in total.